The Morgan fingerprint density at radius 3 is 2.29 bits per heavy atom. The van der Waals surface area contributed by atoms with Crippen molar-refractivity contribution in [2.75, 3.05) is 7.11 Å². The molecule has 0 fully saturated rings. The molecule has 0 saturated heterocycles. The molecular formula is C34H46N10O7. The van der Waals surface area contributed by atoms with Crippen molar-refractivity contribution >= 4 is 35.9 Å². The third kappa shape index (κ3) is 12.9. The van der Waals surface area contributed by atoms with Crippen LogP contribution >= 0.6 is 0 Å². The number of nitrogens with one attached hydrogen (secondary N) is 4. The van der Waals surface area contributed by atoms with Gasteiger partial charge < -0.3 is 31.2 Å². The average molecular weight is 707 g/mol. The van der Waals surface area contributed by atoms with Gasteiger partial charge in [0.1, 0.15) is 24.4 Å². The highest BCUT2D eigenvalue weighted by Crippen LogP contribution is 2.23. The molecule has 51 heavy (non-hydrogen) atoms. The van der Waals surface area contributed by atoms with E-state index in [2.05, 4.69) is 36.6 Å². The predicted octanol–water partition coefficient (Wildman–Crippen LogP) is 1.69. The fraction of sp³-hybridized carbons (Fsp3) is 0.441. The number of esters is 1. The predicted molar refractivity (Wildman–Crippen MR) is 187 cm³/mol. The number of carbonyl (C=O) groups is 5. The SMILES string of the molecule is COCn1nnnc1CC[C@H](NC(=O)c1ccccc1-c1ccccc1)C(=O)N[C@H](C(=O)N[C@H](/C=N/NC(N)=O)CC(=O)OC(C)(C)C)C(C)C. The molecule has 17 heteroatoms. The number of rotatable bonds is 17. The molecule has 17 nitrogen and oxygen atoms in total. The van der Waals surface area contributed by atoms with Crippen LogP contribution in [0, 0.1) is 5.92 Å². The smallest absolute Gasteiger partial charge is 0.332 e. The normalized spacial score (nSPS) is 13.2. The number of methoxy groups -OCH3 is 1. The maximum atomic E-state index is 14.0. The molecule has 5 amide bonds. The quantitative estimate of drug-likeness (QED) is 0.0774. The van der Waals surface area contributed by atoms with E-state index in [1.54, 1.807) is 46.8 Å². The van der Waals surface area contributed by atoms with E-state index in [-0.39, 0.29) is 26.0 Å². The minimum absolute atomic E-state index is 0.0638. The summed E-state index contributed by atoms with van der Waals surface area (Å²) in [7, 11) is 1.49. The largest absolute Gasteiger partial charge is 0.460 e. The summed E-state index contributed by atoms with van der Waals surface area (Å²) in [4.78, 5) is 65.2. The number of hydrogen-bond donors (Lipinski definition) is 5. The second-order valence-electron chi connectivity index (χ2n) is 12.9. The van der Waals surface area contributed by atoms with Gasteiger partial charge in [0, 0.05) is 25.3 Å². The molecule has 0 unspecified atom stereocenters. The highest BCUT2D eigenvalue weighted by Gasteiger charge is 2.31. The summed E-state index contributed by atoms with van der Waals surface area (Å²) in [5.74, 6) is -2.47. The van der Waals surface area contributed by atoms with Crippen molar-refractivity contribution in [3.05, 3.63) is 66.0 Å². The van der Waals surface area contributed by atoms with Crippen LogP contribution in [0.1, 0.15) is 63.6 Å². The Balaban J connectivity index is 1.87. The van der Waals surface area contributed by atoms with Crippen LogP contribution < -0.4 is 27.1 Å². The summed E-state index contributed by atoms with van der Waals surface area (Å²) in [6.07, 6.45) is 1.04. The minimum Gasteiger partial charge on any atom is -0.460 e. The summed E-state index contributed by atoms with van der Waals surface area (Å²) in [6, 6.07) is 12.1. The average Bonchev–Trinajstić information content (AvgIpc) is 3.51. The molecule has 0 aliphatic rings. The van der Waals surface area contributed by atoms with Gasteiger partial charge in [-0.05, 0) is 60.7 Å². The second kappa shape index (κ2) is 18.9. The van der Waals surface area contributed by atoms with Gasteiger partial charge in [-0.3, -0.25) is 19.2 Å². The first-order chi connectivity index (χ1) is 24.2. The molecule has 0 aliphatic heterocycles. The number of aromatic nitrogens is 4. The van der Waals surface area contributed by atoms with Crippen LogP contribution in [0.4, 0.5) is 4.79 Å². The molecule has 0 aliphatic carbocycles. The van der Waals surface area contributed by atoms with Gasteiger partial charge in [-0.25, -0.2) is 14.9 Å². The third-order valence-electron chi connectivity index (χ3n) is 7.20. The number of urea groups is 1. The van der Waals surface area contributed by atoms with Crippen LogP contribution in [0.15, 0.2) is 59.7 Å². The van der Waals surface area contributed by atoms with E-state index < -0.39 is 59.4 Å². The number of tetrazole rings is 1. The Morgan fingerprint density at radius 2 is 1.65 bits per heavy atom. The first kappa shape index (κ1) is 39.7. The number of aryl methyl sites for hydroxylation is 1. The lowest BCUT2D eigenvalue weighted by Crippen LogP contribution is -2.57. The first-order valence-corrected chi connectivity index (χ1v) is 16.3. The lowest BCUT2D eigenvalue weighted by Gasteiger charge is -2.27. The molecule has 0 saturated carbocycles. The molecule has 0 spiro atoms. The molecule has 0 radical (unpaired) electrons. The topological polar surface area (TPSA) is 234 Å². The van der Waals surface area contributed by atoms with E-state index in [9.17, 15) is 24.0 Å². The van der Waals surface area contributed by atoms with Crippen LogP contribution in [0.25, 0.3) is 11.1 Å². The van der Waals surface area contributed by atoms with Crippen molar-refractivity contribution in [1.82, 2.24) is 41.6 Å². The Morgan fingerprint density at radius 1 is 0.961 bits per heavy atom. The van der Waals surface area contributed by atoms with Gasteiger partial charge in [0.2, 0.25) is 11.8 Å². The van der Waals surface area contributed by atoms with E-state index in [0.717, 1.165) is 11.8 Å². The second-order valence-corrected chi connectivity index (χ2v) is 12.9. The third-order valence-corrected chi connectivity index (χ3v) is 7.20. The van der Waals surface area contributed by atoms with Gasteiger partial charge in [-0.1, -0.05) is 62.4 Å². The fourth-order valence-electron chi connectivity index (χ4n) is 4.91. The number of carbonyl (C=O) groups excluding carboxylic acids is 5. The van der Waals surface area contributed by atoms with Crippen molar-refractivity contribution < 1.29 is 33.4 Å². The Bertz CT molecular complexity index is 1670. The Labute approximate surface area is 296 Å². The van der Waals surface area contributed by atoms with Crippen molar-refractivity contribution in [2.24, 2.45) is 16.8 Å². The van der Waals surface area contributed by atoms with Gasteiger partial charge in [0.25, 0.3) is 5.91 Å². The van der Waals surface area contributed by atoms with Gasteiger partial charge >= 0.3 is 12.0 Å². The van der Waals surface area contributed by atoms with Crippen molar-refractivity contribution in [3.63, 3.8) is 0 Å². The van der Waals surface area contributed by atoms with Crippen LogP contribution in [0.3, 0.4) is 0 Å². The Kier molecular flexibility index (Phi) is 14.7. The number of nitrogens with two attached hydrogens (primary N) is 1. The van der Waals surface area contributed by atoms with Crippen LogP contribution in [0.5, 0.6) is 0 Å². The maximum absolute atomic E-state index is 14.0. The Hall–Kier alpha value is -5.71. The summed E-state index contributed by atoms with van der Waals surface area (Å²) < 4.78 is 11.9. The molecule has 3 rings (SSSR count). The zero-order valence-electron chi connectivity index (χ0n) is 29.6. The molecule has 1 heterocycles. The summed E-state index contributed by atoms with van der Waals surface area (Å²) in [5.41, 5.74) is 8.14. The summed E-state index contributed by atoms with van der Waals surface area (Å²) in [5, 5.41) is 23.6. The fourth-order valence-corrected chi connectivity index (χ4v) is 4.91. The highest BCUT2D eigenvalue weighted by atomic mass is 16.6. The zero-order chi connectivity index (χ0) is 37.6. The first-order valence-electron chi connectivity index (χ1n) is 16.3. The number of nitrogens with zero attached hydrogens (tertiary/aromatic N) is 5. The number of primary amides is 1. The van der Waals surface area contributed by atoms with Crippen LogP contribution in [-0.4, -0.2) is 87.0 Å². The molecule has 1 aromatic heterocycles. The molecule has 0 bridgehead atoms. The molecule has 2 aromatic carbocycles. The van der Waals surface area contributed by atoms with Crippen LogP contribution in [0.2, 0.25) is 0 Å². The molecule has 6 N–H and O–H groups in total. The van der Waals surface area contributed by atoms with Crippen molar-refractivity contribution in [3.8, 4) is 11.1 Å². The van der Waals surface area contributed by atoms with E-state index in [1.165, 1.54) is 11.8 Å². The molecule has 3 atom stereocenters. The summed E-state index contributed by atoms with van der Waals surface area (Å²) in [6.45, 7) is 8.60. The monoisotopic (exact) mass is 706 g/mol. The number of benzene rings is 2. The summed E-state index contributed by atoms with van der Waals surface area (Å²) >= 11 is 0. The lowest BCUT2D eigenvalue weighted by molar-refractivity contribution is -0.155. The molecule has 3 aromatic rings. The number of hydrogen-bond acceptors (Lipinski definition) is 11. The van der Waals surface area contributed by atoms with E-state index in [0.29, 0.717) is 17.0 Å². The van der Waals surface area contributed by atoms with Gasteiger partial charge in [0.15, 0.2) is 5.82 Å². The number of ether oxygens (including phenoxy) is 2. The number of hydrazone groups is 1. The number of amides is 5. The van der Waals surface area contributed by atoms with E-state index in [4.69, 9.17) is 15.2 Å². The van der Waals surface area contributed by atoms with E-state index >= 15 is 0 Å². The van der Waals surface area contributed by atoms with Crippen LogP contribution in [-0.2, 0) is 37.0 Å². The lowest BCUT2D eigenvalue weighted by atomic mass is 9.98. The standard InChI is InChI=1S/C34H46N10O7/c1-21(2)29(32(48)37-23(19-36-41-33(35)49)18-28(45)51-34(3,4)5)39-31(47)26(16-17-27-40-42-43-44(27)20-50-6)38-30(46)25-15-11-10-14-24(25)22-12-8-7-9-13-22/h7-15,19,21,23,26,29H,16-18,20H2,1-6H3,(H,37,48)(H,38,46)(H,39,47)(H3,35,41,49)/b36-19+/t23-,26-,29-/m0/s1. The molecular weight excluding hydrogens is 660 g/mol. The van der Waals surface area contributed by atoms with Gasteiger partial charge in [0.05, 0.1) is 12.5 Å². The zero-order valence-corrected chi connectivity index (χ0v) is 29.6. The van der Waals surface area contributed by atoms with Crippen molar-refractivity contribution in [1.29, 1.82) is 0 Å². The minimum atomic E-state index is -1.14. The highest BCUT2D eigenvalue weighted by molar-refractivity contribution is 6.03. The van der Waals surface area contributed by atoms with E-state index in [1.807, 2.05) is 47.9 Å². The van der Waals surface area contributed by atoms with Gasteiger partial charge in [-0.15, -0.1) is 5.10 Å². The van der Waals surface area contributed by atoms with Crippen molar-refractivity contribution in [2.45, 2.75) is 84.3 Å². The van der Waals surface area contributed by atoms with Gasteiger partial charge in [-0.2, -0.15) is 5.10 Å². The maximum Gasteiger partial charge on any atom is 0.332 e. The molecule has 274 valence electrons.